The Kier molecular flexibility index (Phi) is 6.64. The number of piperidine rings is 1. The lowest BCUT2D eigenvalue weighted by Crippen LogP contribution is -2.39. The molecule has 0 unspecified atom stereocenters. The first-order valence-electron chi connectivity index (χ1n) is 9.54. The van der Waals surface area contributed by atoms with Crippen LogP contribution in [-0.2, 0) is 10.0 Å². The number of hydrogen-bond acceptors (Lipinski definition) is 5. The quantitative estimate of drug-likeness (QED) is 0.742. The molecule has 2 aromatic rings. The molecule has 0 atom stereocenters. The molecule has 8 heteroatoms. The van der Waals surface area contributed by atoms with Crippen molar-refractivity contribution in [2.24, 2.45) is 5.92 Å². The van der Waals surface area contributed by atoms with Gasteiger partial charge in [0.15, 0.2) is 0 Å². The van der Waals surface area contributed by atoms with Gasteiger partial charge in [-0.15, -0.1) is 0 Å². The van der Waals surface area contributed by atoms with Crippen molar-refractivity contribution in [1.29, 1.82) is 0 Å². The van der Waals surface area contributed by atoms with Crippen LogP contribution >= 0.6 is 0 Å². The van der Waals surface area contributed by atoms with E-state index in [1.54, 1.807) is 40.8 Å². The van der Waals surface area contributed by atoms with E-state index in [0.29, 0.717) is 36.1 Å². The summed E-state index contributed by atoms with van der Waals surface area (Å²) in [5.74, 6) is 0.189. The highest BCUT2D eigenvalue weighted by Gasteiger charge is 2.29. The summed E-state index contributed by atoms with van der Waals surface area (Å²) < 4.78 is 27.0. The Bertz CT molecular complexity index is 895. The number of hydrogen-bond donors (Lipinski definition) is 2. The fourth-order valence-corrected chi connectivity index (χ4v) is 4.76. The zero-order chi connectivity index (χ0) is 20.0. The minimum atomic E-state index is -3.41. The standard InChI is InChI=1S/C20H26N4O3S/c1-2-21-20(25)19-14-17(8-11-22-19)23-15-16-9-12-24(13-10-16)28(26,27)18-6-4-3-5-7-18/h3-8,11,14,16H,2,9-10,12-13,15H2,1H3,(H,21,25)(H,22,23). The smallest absolute Gasteiger partial charge is 0.269 e. The van der Waals surface area contributed by atoms with Crippen LogP contribution in [0.25, 0.3) is 0 Å². The SMILES string of the molecule is CCNC(=O)c1cc(NCC2CCN(S(=O)(=O)c3ccccc3)CC2)ccn1. The van der Waals surface area contributed by atoms with Gasteiger partial charge >= 0.3 is 0 Å². The van der Waals surface area contributed by atoms with E-state index >= 15 is 0 Å². The summed E-state index contributed by atoms with van der Waals surface area (Å²) in [5.41, 5.74) is 1.23. The average Bonchev–Trinajstić information content (AvgIpc) is 2.73. The summed E-state index contributed by atoms with van der Waals surface area (Å²) in [6.07, 6.45) is 3.21. The minimum absolute atomic E-state index is 0.189. The Labute approximate surface area is 166 Å². The maximum atomic E-state index is 12.7. The molecule has 1 aliphatic heterocycles. The van der Waals surface area contributed by atoms with Crippen LogP contribution in [0.15, 0.2) is 53.6 Å². The summed E-state index contributed by atoms with van der Waals surface area (Å²) in [6, 6.07) is 12.1. The molecule has 0 spiro atoms. The van der Waals surface area contributed by atoms with E-state index in [0.717, 1.165) is 25.1 Å². The fraction of sp³-hybridized carbons (Fsp3) is 0.400. The minimum Gasteiger partial charge on any atom is -0.385 e. The number of carbonyl (C=O) groups is 1. The number of amides is 1. The molecule has 1 amide bonds. The average molecular weight is 403 g/mol. The predicted molar refractivity (Wildman–Crippen MR) is 109 cm³/mol. The molecule has 0 saturated carbocycles. The van der Waals surface area contributed by atoms with Gasteiger partial charge in [-0.2, -0.15) is 4.31 Å². The van der Waals surface area contributed by atoms with Crippen LogP contribution in [0.5, 0.6) is 0 Å². The number of sulfonamides is 1. The molecule has 1 aliphatic rings. The van der Waals surface area contributed by atoms with E-state index in [2.05, 4.69) is 15.6 Å². The van der Waals surface area contributed by atoms with Gasteiger partial charge in [0.05, 0.1) is 4.90 Å². The summed E-state index contributed by atoms with van der Waals surface area (Å²) in [4.78, 5) is 16.3. The number of pyridine rings is 1. The molecule has 1 saturated heterocycles. The number of aromatic nitrogens is 1. The summed E-state index contributed by atoms with van der Waals surface area (Å²) in [6.45, 7) is 4.19. The van der Waals surface area contributed by atoms with Crippen molar-refractivity contribution in [3.8, 4) is 0 Å². The van der Waals surface area contributed by atoms with Gasteiger partial charge in [0.1, 0.15) is 5.69 Å². The molecule has 2 N–H and O–H groups in total. The summed E-state index contributed by atoms with van der Waals surface area (Å²) in [7, 11) is -3.41. The highest BCUT2D eigenvalue weighted by Crippen LogP contribution is 2.24. The van der Waals surface area contributed by atoms with Gasteiger partial charge in [0, 0.05) is 38.1 Å². The Hall–Kier alpha value is -2.45. The lowest BCUT2D eigenvalue weighted by Gasteiger charge is -2.31. The number of anilines is 1. The van der Waals surface area contributed by atoms with Crippen molar-refractivity contribution < 1.29 is 13.2 Å². The normalized spacial score (nSPS) is 15.9. The molecule has 28 heavy (non-hydrogen) atoms. The maximum Gasteiger partial charge on any atom is 0.269 e. The fourth-order valence-electron chi connectivity index (χ4n) is 3.27. The van der Waals surface area contributed by atoms with E-state index in [4.69, 9.17) is 0 Å². The number of nitrogens with zero attached hydrogens (tertiary/aromatic N) is 2. The van der Waals surface area contributed by atoms with Crippen molar-refractivity contribution in [3.63, 3.8) is 0 Å². The Morgan fingerprint density at radius 1 is 1.18 bits per heavy atom. The monoisotopic (exact) mass is 402 g/mol. The van der Waals surface area contributed by atoms with Crippen molar-refractivity contribution >= 4 is 21.6 Å². The molecule has 1 aromatic carbocycles. The van der Waals surface area contributed by atoms with Crippen LogP contribution in [0.1, 0.15) is 30.3 Å². The topological polar surface area (TPSA) is 91.4 Å². The van der Waals surface area contributed by atoms with Gasteiger partial charge in [0.2, 0.25) is 10.0 Å². The lowest BCUT2D eigenvalue weighted by atomic mass is 9.98. The predicted octanol–water partition coefficient (Wildman–Crippen LogP) is 2.34. The van der Waals surface area contributed by atoms with Gasteiger partial charge in [-0.3, -0.25) is 9.78 Å². The van der Waals surface area contributed by atoms with Crippen molar-refractivity contribution in [3.05, 3.63) is 54.4 Å². The third-order valence-corrected chi connectivity index (χ3v) is 6.79. The van der Waals surface area contributed by atoms with E-state index in [-0.39, 0.29) is 5.91 Å². The molecule has 0 bridgehead atoms. The zero-order valence-corrected chi connectivity index (χ0v) is 16.8. The van der Waals surface area contributed by atoms with Crippen molar-refractivity contribution in [1.82, 2.24) is 14.6 Å². The highest BCUT2D eigenvalue weighted by atomic mass is 32.2. The second-order valence-corrected chi connectivity index (χ2v) is 8.77. The van der Waals surface area contributed by atoms with E-state index < -0.39 is 10.0 Å². The third-order valence-electron chi connectivity index (χ3n) is 4.88. The molecule has 1 fully saturated rings. The molecule has 2 heterocycles. The molecular weight excluding hydrogens is 376 g/mol. The largest absolute Gasteiger partial charge is 0.385 e. The Morgan fingerprint density at radius 3 is 2.57 bits per heavy atom. The van der Waals surface area contributed by atoms with Crippen LogP contribution < -0.4 is 10.6 Å². The van der Waals surface area contributed by atoms with Crippen LogP contribution in [0.4, 0.5) is 5.69 Å². The van der Waals surface area contributed by atoms with Gasteiger partial charge in [0.25, 0.3) is 5.91 Å². The maximum absolute atomic E-state index is 12.7. The first kappa shape index (κ1) is 20.3. The van der Waals surface area contributed by atoms with E-state index in [1.807, 2.05) is 19.1 Å². The molecule has 3 rings (SSSR count). The first-order chi connectivity index (χ1) is 13.5. The Morgan fingerprint density at radius 2 is 1.89 bits per heavy atom. The number of benzene rings is 1. The van der Waals surface area contributed by atoms with Crippen LogP contribution in [0.2, 0.25) is 0 Å². The first-order valence-corrected chi connectivity index (χ1v) is 11.0. The van der Waals surface area contributed by atoms with Crippen molar-refractivity contribution in [2.75, 3.05) is 31.5 Å². The lowest BCUT2D eigenvalue weighted by molar-refractivity contribution is 0.0951. The van der Waals surface area contributed by atoms with Gasteiger partial charge in [-0.05, 0) is 49.9 Å². The number of rotatable bonds is 7. The van der Waals surface area contributed by atoms with Gasteiger partial charge in [-0.1, -0.05) is 18.2 Å². The van der Waals surface area contributed by atoms with Crippen LogP contribution in [-0.4, -0.2) is 49.8 Å². The third kappa shape index (κ3) is 4.88. The Balaban J connectivity index is 1.53. The zero-order valence-electron chi connectivity index (χ0n) is 16.0. The summed E-state index contributed by atoms with van der Waals surface area (Å²) in [5, 5.41) is 6.08. The second kappa shape index (κ2) is 9.16. The van der Waals surface area contributed by atoms with Crippen LogP contribution in [0.3, 0.4) is 0 Å². The highest BCUT2D eigenvalue weighted by molar-refractivity contribution is 7.89. The molecule has 1 aromatic heterocycles. The van der Waals surface area contributed by atoms with Gasteiger partial charge < -0.3 is 10.6 Å². The summed E-state index contributed by atoms with van der Waals surface area (Å²) >= 11 is 0. The van der Waals surface area contributed by atoms with Crippen LogP contribution in [0, 0.1) is 5.92 Å². The van der Waals surface area contributed by atoms with Gasteiger partial charge in [-0.25, -0.2) is 8.42 Å². The van der Waals surface area contributed by atoms with Crippen molar-refractivity contribution in [2.45, 2.75) is 24.7 Å². The number of nitrogens with one attached hydrogen (secondary N) is 2. The molecule has 0 aliphatic carbocycles. The number of carbonyl (C=O) groups excluding carboxylic acids is 1. The molecular formula is C20H26N4O3S. The molecule has 7 nitrogen and oxygen atoms in total. The molecule has 150 valence electrons. The molecule has 0 radical (unpaired) electrons. The van der Waals surface area contributed by atoms with E-state index in [1.165, 1.54) is 0 Å². The second-order valence-electron chi connectivity index (χ2n) is 6.83. The van der Waals surface area contributed by atoms with E-state index in [9.17, 15) is 13.2 Å².